The van der Waals surface area contributed by atoms with Gasteiger partial charge in [0.25, 0.3) is 5.91 Å². The quantitative estimate of drug-likeness (QED) is 0.108. The lowest BCUT2D eigenvalue weighted by atomic mass is 9.70. The number of fused-ring (bicyclic) bond motifs is 1. The number of carbonyl (C=O) groups excluding carboxylic acids is 4. The molecule has 3 heterocycles. The second-order valence-corrected chi connectivity index (χ2v) is 13.5. The maximum atomic E-state index is 14.6. The van der Waals surface area contributed by atoms with Crippen molar-refractivity contribution in [3.05, 3.63) is 54.6 Å². The number of allylic oxidation sites excluding steroid dienone is 1. The Labute approximate surface area is 278 Å². The number of carbonyl (C=O) groups is 4. The third-order valence-electron chi connectivity index (χ3n) is 8.80. The van der Waals surface area contributed by atoms with E-state index in [1.54, 1.807) is 48.2 Å². The first kappa shape index (κ1) is 35.1. The van der Waals surface area contributed by atoms with Crippen LogP contribution in [0.25, 0.3) is 0 Å². The SMILES string of the molecule is C=CCCC(=O)NC[C@H](C)OC(=O)[C@H]1[C@@H]2O[C@@]3(CC2Br)[C@@H]1C(=O)N(CCCCCCO)[C@@H]3C(=O)N(CC=C)c1ccccc1Cl. The molecule has 3 fully saturated rings. The molecule has 0 radical (unpaired) electrons. The summed E-state index contributed by atoms with van der Waals surface area (Å²) in [7, 11) is 0. The van der Waals surface area contributed by atoms with Crippen LogP contribution in [0.1, 0.15) is 51.9 Å². The van der Waals surface area contributed by atoms with Gasteiger partial charge in [-0.25, -0.2) is 0 Å². The Morgan fingerprint density at radius 1 is 1.24 bits per heavy atom. The van der Waals surface area contributed by atoms with Gasteiger partial charge >= 0.3 is 5.97 Å². The largest absolute Gasteiger partial charge is 0.460 e. The van der Waals surface area contributed by atoms with Crippen LogP contribution in [-0.4, -0.2) is 88.6 Å². The summed E-state index contributed by atoms with van der Waals surface area (Å²) in [6.45, 7) is 9.79. The van der Waals surface area contributed by atoms with Crippen molar-refractivity contribution in [3.63, 3.8) is 0 Å². The number of amides is 3. The predicted molar refractivity (Wildman–Crippen MR) is 175 cm³/mol. The van der Waals surface area contributed by atoms with E-state index in [0.29, 0.717) is 42.9 Å². The summed E-state index contributed by atoms with van der Waals surface area (Å²) in [5.41, 5.74) is -0.771. The first-order valence-corrected chi connectivity index (χ1v) is 16.9. The number of anilines is 1. The van der Waals surface area contributed by atoms with Crippen molar-refractivity contribution in [2.24, 2.45) is 11.8 Å². The number of aliphatic hydroxyl groups is 1. The fourth-order valence-electron chi connectivity index (χ4n) is 6.82. The number of para-hydroxylation sites is 1. The molecule has 246 valence electrons. The van der Waals surface area contributed by atoms with Gasteiger partial charge in [-0.15, -0.1) is 13.2 Å². The number of alkyl halides is 1. The lowest BCUT2D eigenvalue weighted by Gasteiger charge is -2.37. The highest BCUT2D eigenvalue weighted by molar-refractivity contribution is 9.09. The average Bonchev–Trinajstić information content (AvgIpc) is 3.61. The maximum Gasteiger partial charge on any atom is 0.312 e. The summed E-state index contributed by atoms with van der Waals surface area (Å²) in [4.78, 5) is 57.5. The Balaban J connectivity index is 1.63. The highest BCUT2D eigenvalue weighted by Crippen LogP contribution is 2.60. The number of nitrogens with zero attached hydrogens (tertiary/aromatic N) is 2. The smallest absolute Gasteiger partial charge is 0.312 e. The highest BCUT2D eigenvalue weighted by Gasteiger charge is 2.77. The molecule has 10 nitrogen and oxygen atoms in total. The molecule has 1 spiro atoms. The Hall–Kier alpha value is -2.73. The molecule has 1 aromatic rings. The first-order valence-electron chi connectivity index (χ1n) is 15.6. The van der Waals surface area contributed by atoms with Gasteiger partial charge in [-0.1, -0.05) is 64.7 Å². The number of nitrogens with one attached hydrogen (secondary N) is 1. The molecule has 1 unspecified atom stereocenters. The predicted octanol–water partition coefficient (Wildman–Crippen LogP) is 4.17. The van der Waals surface area contributed by atoms with Crippen LogP contribution < -0.4 is 10.2 Å². The van der Waals surface area contributed by atoms with Crippen molar-refractivity contribution in [2.75, 3.05) is 31.1 Å². The maximum absolute atomic E-state index is 14.6. The number of unbranched alkanes of at least 4 members (excludes halogenated alkanes) is 3. The summed E-state index contributed by atoms with van der Waals surface area (Å²) in [6.07, 6.45) is 5.94. The standard InChI is InChI=1S/C33H43BrClN3O7/c1-4-6-15-25(40)36-20-21(3)44-32(43)26-27-30(41)38(17-11-7-8-12-18-39)29(33(27)19-22(34)28(26)45-33)31(42)37(16-5-2)24-14-10-9-13-23(24)35/h4-5,9-10,13-14,21-22,26-29,39H,1-2,6-8,11-12,15-20H2,3H3,(H,36,40)/t21-,22?,26+,27-,28+,29+,33-/m0/s1. The molecule has 2 N–H and O–H groups in total. The van der Waals surface area contributed by atoms with Gasteiger partial charge in [0, 0.05) is 30.9 Å². The number of aliphatic hydroxyl groups excluding tert-OH is 1. The van der Waals surface area contributed by atoms with Crippen molar-refractivity contribution in [1.29, 1.82) is 0 Å². The number of likely N-dealkylation sites (tertiary alicyclic amines) is 1. The second kappa shape index (κ2) is 15.7. The lowest BCUT2D eigenvalue weighted by Crippen LogP contribution is -2.57. The normalized spacial score (nSPS) is 27.2. The molecular weight excluding hydrogens is 666 g/mol. The Bertz CT molecular complexity index is 1280. The summed E-state index contributed by atoms with van der Waals surface area (Å²) in [5.74, 6) is -3.30. The van der Waals surface area contributed by atoms with E-state index in [9.17, 15) is 24.3 Å². The summed E-state index contributed by atoms with van der Waals surface area (Å²) in [6, 6.07) is 5.99. The Morgan fingerprint density at radius 2 is 1.98 bits per heavy atom. The van der Waals surface area contributed by atoms with Gasteiger partial charge in [0.1, 0.15) is 17.7 Å². The number of ether oxygens (including phenoxy) is 2. The van der Waals surface area contributed by atoms with Crippen molar-refractivity contribution in [1.82, 2.24) is 10.2 Å². The van der Waals surface area contributed by atoms with Crippen LogP contribution in [0.4, 0.5) is 5.69 Å². The minimum absolute atomic E-state index is 0.0892. The van der Waals surface area contributed by atoms with E-state index in [-0.39, 0.29) is 48.7 Å². The molecule has 3 saturated heterocycles. The molecule has 0 aliphatic carbocycles. The van der Waals surface area contributed by atoms with Gasteiger partial charge < -0.3 is 29.7 Å². The summed E-state index contributed by atoms with van der Waals surface area (Å²) in [5, 5.41) is 12.3. The van der Waals surface area contributed by atoms with E-state index < -0.39 is 41.7 Å². The fraction of sp³-hybridized carbons (Fsp3) is 0.576. The summed E-state index contributed by atoms with van der Waals surface area (Å²) >= 11 is 10.2. The topological polar surface area (TPSA) is 125 Å². The van der Waals surface area contributed by atoms with Crippen LogP contribution in [0.5, 0.6) is 0 Å². The molecule has 0 aromatic heterocycles. The molecule has 4 rings (SSSR count). The Kier molecular flexibility index (Phi) is 12.3. The van der Waals surface area contributed by atoms with Gasteiger partial charge in [-0.05, 0) is 44.7 Å². The zero-order chi connectivity index (χ0) is 32.7. The molecule has 3 aliphatic heterocycles. The number of esters is 1. The van der Waals surface area contributed by atoms with Gasteiger partial charge in [-0.3, -0.25) is 19.2 Å². The van der Waals surface area contributed by atoms with E-state index in [2.05, 4.69) is 34.4 Å². The van der Waals surface area contributed by atoms with E-state index in [1.807, 2.05) is 0 Å². The first-order chi connectivity index (χ1) is 21.6. The number of rotatable bonds is 17. The molecule has 3 aliphatic rings. The van der Waals surface area contributed by atoms with Crippen LogP contribution in [0.15, 0.2) is 49.6 Å². The third kappa shape index (κ3) is 7.32. The van der Waals surface area contributed by atoms with Crippen LogP contribution in [0.3, 0.4) is 0 Å². The van der Waals surface area contributed by atoms with Crippen LogP contribution >= 0.6 is 27.5 Å². The third-order valence-corrected chi connectivity index (χ3v) is 9.97. The van der Waals surface area contributed by atoms with Gasteiger partial charge in [-0.2, -0.15) is 0 Å². The molecule has 7 atom stereocenters. The Morgan fingerprint density at radius 3 is 2.67 bits per heavy atom. The molecule has 12 heteroatoms. The molecule has 0 saturated carbocycles. The minimum Gasteiger partial charge on any atom is -0.460 e. The van der Waals surface area contributed by atoms with Gasteiger partial charge in [0.05, 0.1) is 35.2 Å². The average molecular weight is 709 g/mol. The van der Waals surface area contributed by atoms with Crippen LogP contribution in [0.2, 0.25) is 5.02 Å². The molecule has 1 aromatic carbocycles. The van der Waals surface area contributed by atoms with E-state index >= 15 is 0 Å². The number of hydrogen-bond acceptors (Lipinski definition) is 7. The zero-order valence-electron chi connectivity index (χ0n) is 25.7. The van der Waals surface area contributed by atoms with Crippen molar-refractivity contribution in [3.8, 4) is 0 Å². The molecule has 3 amide bonds. The molecular formula is C33H43BrClN3O7. The van der Waals surface area contributed by atoms with E-state index in [0.717, 1.165) is 12.8 Å². The van der Waals surface area contributed by atoms with Gasteiger partial charge in [0.2, 0.25) is 11.8 Å². The molecule has 2 bridgehead atoms. The minimum atomic E-state index is -1.26. The van der Waals surface area contributed by atoms with Crippen LogP contribution in [-0.2, 0) is 28.7 Å². The number of halogens is 2. The van der Waals surface area contributed by atoms with Crippen molar-refractivity contribution >= 4 is 56.9 Å². The highest BCUT2D eigenvalue weighted by atomic mass is 79.9. The van der Waals surface area contributed by atoms with E-state index in [1.165, 1.54) is 4.90 Å². The van der Waals surface area contributed by atoms with E-state index in [4.69, 9.17) is 21.1 Å². The van der Waals surface area contributed by atoms with Crippen LogP contribution in [0, 0.1) is 11.8 Å². The zero-order valence-corrected chi connectivity index (χ0v) is 28.0. The summed E-state index contributed by atoms with van der Waals surface area (Å²) < 4.78 is 12.4. The molecule has 45 heavy (non-hydrogen) atoms. The number of benzene rings is 1. The van der Waals surface area contributed by atoms with Crippen molar-refractivity contribution in [2.45, 2.75) is 80.5 Å². The fourth-order valence-corrected chi connectivity index (χ4v) is 8.00. The number of hydrogen-bond donors (Lipinski definition) is 2. The monoisotopic (exact) mass is 707 g/mol. The second-order valence-electron chi connectivity index (χ2n) is 11.9. The van der Waals surface area contributed by atoms with Crippen molar-refractivity contribution < 1.29 is 33.8 Å². The van der Waals surface area contributed by atoms with Gasteiger partial charge in [0.15, 0.2) is 0 Å². The lowest BCUT2D eigenvalue weighted by molar-refractivity contribution is -0.159.